The lowest BCUT2D eigenvalue weighted by molar-refractivity contribution is -0.126. The van der Waals surface area contributed by atoms with E-state index >= 15 is 0 Å². The van der Waals surface area contributed by atoms with E-state index in [0.29, 0.717) is 23.2 Å². The number of amides is 4. The molecule has 0 aliphatic carbocycles. The highest BCUT2D eigenvalue weighted by atomic mass is 31.0. The molecule has 5 aliphatic rings. The van der Waals surface area contributed by atoms with E-state index in [1.54, 1.807) is 0 Å². The molecular formula is C40H49N2O6P. The number of hydrogen-bond donors (Lipinski definition) is 0. The van der Waals surface area contributed by atoms with Gasteiger partial charge >= 0.3 is 0 Å². The lowest BCUT2D eigenvalue weighted by Gasteiger charge is -2.20. The summed E-state index contributed by atoms with van der Waals surface area (Å²) in [4.78, 5) is 54.3. The summed E-state index contributed by atoms with van der Waals surface area (Å²) in [5.41, 5.74) is 5.86. The van der Waals surface area contributed by atoms with Crippen LogP contribution in [-0.2, 0) is 28.7 Å². The summed E-state index contributed by atoms with van der Waals surface area (Å²) >= 11 is 0. The van der Waals surface area contributed by atoms with Crippen LogP contribution in [0.3, 0.4) is 0 Å². The van der Waals surface area contributed by atoms with Crippen molar-refractivity contribution in [2.75, 3.05) is 9.80 Å². The average molecular weight is 685 g/mol. The van der Waals surface area contributed by atoms with E-state index < -0.39 is 11.8 Å². The summed E-state index contributed by atoms with van der Waals surface area (Å²) in [5.74, 6) is -1.33. The Kier molecular flexibility index (Phi) is 10.6. The first kappa shape index (κ1) is 36.6. The smallest absolute Gasteiger partial charge is 0.240 e. The van der Waals surface area contributed by atoms with Crippen LogP contribution in [0.2, 0.25) is 0 Å². The van der Waals surface area contributed by atoms with Crippen LogP contribution in [0.4, 0.5) is 11.4 Å². The van der Waals surface area contributed by atoms with Gasteiger partial charge in [-0.05, 0) is 74.9 Å². The summed E-state index contributed by atoms with van der Waals surface area (Å²) in [7, 11) is 0. The predicted molar refractivity (Wildman–Crippen MR) is 196 cm³/mol. The van der Waals surface area contributed by atoms with Crippen molar-refractivity contribution >= 4 is 44.9 Å². The fraction of sp³-hybridized carbons (Fsp3) is 0.450. The molecule has 0 saturated carbocycles. The van der Waals surface area contributed by atoms with Gasteiger partial charge in [-0.25, -0.2) is 9.80 Å². The molecule has 7 rings (SSSR count). The molecule has 260 valence electrons. The molecule has 0 aromatic heterocycles. The number of benzene rings is 2. The van der Waals surface area contributed by atoms with Crippen LogP contribution < -0.4 is 9.80 Å². The fourth-order valence-electron chi connectivity index (χ4n) is 7.53. The number of carbonyl (C=O) groups excluding carboxylic acids is 4. The van der Waals surface area contributed by atoms with Gasteiger partial charge in [-0.3, -0.25) is 19.2 Å². The molecule has 2 aromatic rings. The van der Waals surface area contributed by atoms with Crippen molar-refractivity contribution in [3.8, 4) is 0 Å². The Morgan fingerprint density at radius 2 is 0.878 bits per heavy atom. The van der Waals surface area contributed by atoms with Crippen LogP contribution >= 0.6 is 9.90 Å². The summed E-state index contributed by atoms with van der Waals surface area (Å²) in [5, 5.41) is 0. The molecule has 4 saturated heterocycles. The monoisotopic (exact) mass is 684 g/mol. The quantitative estimate of drug-likeness (QED) is 0.186. The van der Waals surface area contributed by atoms with Crippen LogP contribution in [0.5, 0.6) is 0 Å². The zero-order valence-electron chi connectivity index (χ0n) is 29.8. The number of hydrogen-bond acceptors (Lipinski definition) is 6. The van der Waals surface area contributed by atoms with Gasteiger partial charge in [0, 0.05) is 0 Å². The highest BCUT2D eigenvalue weighted by Gasteiger charge is 2.61. The van der Waals surface area contributed by atoms with Crippen LogP contribution in [0.25, 0.3) is 0 Å². The minimum absolute atomic E-state index is 0. The molecule has 4 amide bonds. The molecule has 9 unspecified atom stereocenters. The van der Waals surface area contributed by atoms with E-state index in [-0.39, 0.29) is 69.8 Å². The molecule has 0 radical (unpaired) electrons. The zero-order chi connectivity index (χ0) is 34.6. The molecule has 2 aromatic carbocycles. The molecular weight excluding hydrogens is 635 g/mol. The normalized spacial score (nSPS) is 29.3. The minimum atomic E-state index is -0.460. The maximum Gasteiger partial charge on any atom is 0.240 e. The lowest BCUT2D eigenvalue weighted by atomic mass is 9.85. The number of ether oxygens (including phenoxy) is 2. The van der Waals surface area contributed by atoms with Gasteiger partial charge in [0.15, 0.2) is 0 Å². The predicted octanol–water partition coefficient (Wildman–Crippen LogP) is 6.93. The summed E-state index contributed by atoms with van der Waals surface area (Å²) in [6, 6.07) is 15.4. The molecule has 0 spiro atoms. The van der Waals surface area contributed by atoms with E-state index in [0.717, 1.165) is 11.1 Å². The fourth-order valence-corrected chi connectivity index (χ4v) is 7.53. The average Bonchev–Trinajstić information content (AvgIpc) is 3.83. The summed E-state index contributed by atoms with van der Waals surface area (Å²) in [6.07, 6.45) is 6.56. The zero-order valence-corrected chi connectivity index (χ0v) is 31.2. The van der Waals surface area contributed by atoms with E-state index in [1.807, 2.05) is 101 Å². The van der Waals surface area contributed by atoms with Gasteiger partial charge in [0.2, 0.25) is 23.6 Å². The van der Waals surface area contributed by atoms with Crippen LogP contribution in [0.1, 0.15) is 78.4 Å². The number of fused-ring (bicyclic) bond motifs is 6. The third kappa shape index (κ3) is 6.63. The van der Waals surface area contributed by atoms with E-state index in [9.17, 15) is 19.2 Å². The number of carbonyl (C=O) groups is 4. The number of rotatable bonds is 6. The molecule has 9 atom stereocenters. The van der Waals surface area contributed by atoms with Gasteiger partial charge in [0.25, 0.3) is 0 Å². The van der Waals surface area contributed by atoms with Crippen molar-refractivity contribution in [3.05, 3.63) is 95.1 Å². The second kappa shape index (κ2) is 14.3. The van der Waals surface area contributed by atoms with Crippen molar-refractivity contribution in [2.45, 2.75) is 91.6 Å². The number of allylic oxidation sites excluding steroid dienone is 2. The van der Waals surface area contributed by atoms with E-state index in [4.69, 9.17) is 9.47 Å². The third-order valence-corrected chi connectivity index (χ3v) is 9.96. The van der Waals surface area contributed by atoms with E-state index in [2.05, 4.69) is 27.7 Å². The molecule has 0 N–H and O–H groups in total. The van der Waals surface area contributed by atoms with Crippen molar-refractivity contribution in [3.63, 3.8) is 0 Å². The lowest BCUT2D eigenvalue weighted by Crippen LogP contribution is -2.35. The van der Waals surface area contributed by atoms with Gasteiger partial charge in [-0.2, -0.15) is 9.90 Å². The number of nitrogens with zero attached hydrogens (tertiary/aromatic N) is 2. The van der Waals surface area contributed by atoms with Gasteiger partial charge in [-0.1, -0.05) is 87.4 Å². The van der Waals surface area contributed by atoms with Gasteiger partial charge < -0.3 is 9.47 Å². The maximum atomic E-state index is 13.2. The molecule has 9 heteroatoms. The SMILES string of the molecule is CC(C)=CC1OC(C=C(C)C)C2C(=O)N(c3ccc(C(C)C)cc3)C(=O)C12.CC(C)c1ccc(N2C(=O)C3C4C=CC(O4)C3C2=O)cc1.P. The second-order valence-electron chi connectivity index (χ2n) is 14.6. The van der Waals surface area contributed by atoms with Gasteiger partial charge in [0.05, 0.1) is 59.5 Å². The van der Waals surface area contributed by atoms with Crippen molar-refractivity contribution < 1.29 is 28.7 Å². The number of anilines is 2. The molecule has 5 heterocycles. The Labute approximate surface area is 293 Å². The highest BCUT2D eigenvalue weighted by molar-refractivity contribution is 6.92. The Bertz CT molecular complexity index is 1630. The first-order chi connectivity index (χ1) is 22.8. The van der Waals surface area contributed by atoms with Crippen LogP contribution in [-0.4, -0.2) is 48.0 Å². The van der Waals surface area contributed by atoms with Crippen LogP contribution in [0, 0.1) is 23.7 Å². The topological polar surface area (TPSA) is 93.2 Å². The Morgan fingerprint density at radius 3 is 1.18 bits per heavy atom. The van der Waals surface area contributed by atoms with Gasteiger partial charge in [0.1, 0.15) is 0 Å². The molecule has 2 bridgehead atoms. The van der Waals surface area contributed by atoms with Gasteiger partial charge in [-0.15, -0.1) is 0 Å². The molecule has 4 fully saturated rings. The molecule has 49 heavy (non-hydrogen) atoms. The first-order valence-corrected chi connectivity index (χ1v) is 17.0. The minimum Gasteiger partial charge on any atom is -0.365 e. The Hall–Kier alpha value is -3.71. The molecule has 5 aliphatic heterocycles. The van der Waals surface area contributed by atoms with Crippen molar-refractivity contribution in [1.29, 1.82) is 0 Å². The maximum absolute atomic E-state index is 13.2. The van der Waals surface area contributed by atoms with Crippen molar-refractivity contribution in [2.24, 2.45) is 23.7 Å². The highest BCUT2D eigenvalue weighted by Crippen LogP contribution is 2.47. The Morgan fingerprint density at radius 1 is 0.551 bits per heavy atom. The Balaban J connectivity index is 0.000000192. The second-order valence-corrected chi connectivity index (χ2v) is 14.6. The third-order valence-electron chi connectivity index (χ3n) is 9.96. The largest absolute Gasteiger partial charge is 0.365 e. The first-order valence-electron chi connectivity index (χ1n) is 17.0. The standard InChI is InChI=1S/C23H29NO3.C17H17NO3.H3P/c1-13(2)11-18-20-21(19(27-18)12-14(3)4)23(26)24(22(20)25)17-9-7-16(8-10-17)15(5)6;1-9(2)10-3-5-11(6-4-10)18-16(19)14-12-7-8-13(21-12)15(14)17(18)20;/h7-12,15,18-21H,1-6H3;3-9,12-15H,1-2H3;1H3. The number of imide groups is 2. The van der Waals surface area contributed by atoms with Crippen LogP contribution in [0.15, 0.2) is 84.0 Å². The molecule has 8 nitrogen and oxygen atoms in total. The summed E-state index contributed by atoms with van der Waals surface area (Å²) < 4.78 is 11.7. The van der Waals surface area contributed by atoms with Crippen molar-refractivity contribution in [1.82, 2.24) is 0 Å². The summed E-state index contributed by atoms with van der Waals surface area (Å²) in [6.45, 7) is 16.4. The van der Waals surface area contributed by atoms with E-state index in [1.165, 1.54) is 20.9 Å².